The van der Waals surface area contributed by atoms with Gasteiger partial charge in [-0.15, -0.1) is 0 Å². The van der Waals surface area contributed by atoms with Crippen LogP contribution in [-0.4, -0.2) is 29.1 Å². The van der Waals surface area contributed by atoms with E-state index >= 15 is 0 Å². The van der Waals surface area contributed by atoms with E-state index in [4.69, 9.17) is 4.42 Å². The molecular formula is C16H21N3O2S. The molecule has 0 aliphatic carbocycles. The van der Waals surface area contributed by atoms with Crippen LogP contribution < -0.4 is 10.6 Å². The van der Waals surface area contributed by atoms with Crippen LogP contribution in [0, 0.1) is 6.92 Å². The number of oxazole rings is 1. The Labute approximate surface area is 134 Å². The Bertz CT molecular complexity index is 627. The van der Waals surface area contributed by atoms with Gasteiger partial charge in [0.2, 0.25) is 5.89 Å². The van der Waals surface area contributed by atoms with Crippen molar-refractivity contribution >= 4 is 23.5 Å². The van der Waals surface area contributed by atoms with Crippen molar-refractivity contribution in [2.45, 2.75) is 26.3 Å². The average molecular weight is 319 g/mol. The minimum absolute atomic E-state index is 0.144. The van der Waals surface area contributed by atoms with Crippen LogP contribution in [0.15, 0.2) is 34.9 Å². The highest BCUT2D eigenvalue weighted by molar-refractivity contribution is 7.98. The zero-order chi connectivity index (χ0) is 15.9. The van der Waals surface area contributed by atoms with Crippen molar-refractivity contribution < 1.29 is 9.21 Å². The standard InChI is InChI=1S/C16H21N3O2S/c1-11(7-8-22-3)18-16(20)19-14-6-4-5-13(9-14)15-17-10-12(2)21-15/h4-6,9-11H,7-8H2,1-3H3,(H2,18,19,20)/t11-/m0/s1. The molecule has 2 aromatic rings. The fourth-order valence-corrected chi connectivity index (χ4v) is 2.57. The van der Waals surface area contributed by atoms with Crippen LogP contribution in [0.2, 0.25) is 0 Å². The largest absolute Gasteiger partial charge is 0.441 e. The van der Waals surface area contributed by atoms with Gasteiger partial charge in [-0.3, -0.25) is 0 Å². The predicted octanol–water partition coefficient (Wildman–Crippen LogP) is 3.91. The van der Waals surface area contributed by atoms with Gasteiger partial charge in [-0.2, -0.15) is 11.8 Å². The number of aryl methyl sites for hydroxylation is 1. The number of hydrogen-bond acceptors (Lipinski definition) is 4. The van der Waals surface area contributed by atoms with Crippen molar-refractivity contribution in [2.24, 2.45) is 0 Å². The number of hydrogen-bond donors (Lipinski definition) is 2. The summed E-state index contributed by atoms with van der Waals surface area (Å²) in [6.07, 6.45) is 4.68. The Hall–Kier alpha value is -1.95. The average Bonchev–Trinajstić information content (AvgIpc) is 2.92. The van der Waals surface area contributed by atoms with E-state index in [2.05, 4.69) is 21.9 Å². The molecule has 2 rings (SSSR count). The smallest absolute Gasteiger partial charge is 0.319 e. The Kier molecular flexibility index (Phi) is 5.89. The third-order valence-electron chi connectivity index (χ3n) is 3.12. The summed E-state index contributed by atoms with van der Waals surface area (Å²) < 4.78 is 5.50. The number of carbonyl (C=O) groups is 1. The molecule has 0 saturated carbocycles. The van der Waals surface area contributed by atoms with E-state index in [1.807, 2.05) is 38.1 Å². The Balaban J connectivity index is 1.97. The first-order valence-electron chi connectivity index (χ1n) is 7.18. The molecule has 1 heterocycles. The van der Waals surface area contributed by atoms with Gasteiger partial charge in [0.15, 0.2) is 0 Å². The van der Waals surface area contributed by atoms with Crippen molar-refractivity contribution in [1.29, 1.82) is 0 Å². The van der Waals surface area contributed by atoms with Crippen molar-refractivity contribution in [3.63, 3.8) is 0 Å². The SMILES string of the molecule is CSCC[C@H](C)NC(=O)Nc1cccc(-c2ncc(C)o2)c1. The van der Waals surface area contributed by atoms with Crippen molar-refractivity contribution in [3.8, 4) is 11.5 Å². The number of rotatable bonds is 6. The summed E-state index contributed by atoms with van der Waals surface area (Å²) in [6.45, 7) is 3.85. The molecule has 0 radical (unpaired) electrons. The first-order valence-corrected chi connectivity index (χ1v) is 8.57. The number of carbonyl (C=O) groups excluding carboxylic acids is 1. The molecule has 1 atom stereocenters. The van der Waals surface area contributed by atoms with Crippen LogP contribution >= 0.6 is 11.8 Å². The zero-order valence-corrected chi connectivity index (χ0v) is 13.9. The fraction of sp³-hybridized carbons (Fsp3) is 0.375. The van der Waals surface area contributed by atoms with Crippen LogP contribution in [0.1, 0.15) is 19.1 Å². The van der Waals surface area contributed by atoms with Crippen LogP contribution in [0.5, 0.6) is 0 Å². The Morgan fingerprint density at radius 3 is 2.95 bits per heavy atom. The molecule has 2 N–H and O–H groups in total. The second-order valence-corrected chi connectivity index (χ2v) is 6.12. The molecule has 5 nitrogen and oxygen atoms in total. The summed E-state index contributed by atoms with van der Waals surface area (Å²) in [5.41, 5.74) is 1.55. The van der Waals surface area contributed by atoms with Crippen LogP contribution in [0.3, 0.4) is 0 Å². The lowest BCUT2D eigenvalue weighted by Gasteiger charge is -2.14. The van der Waals surface area contributed by atoms with Gasteiger partial charge in [0.1, 0.15) is 5.76 Å². The minimum Gasteiger partial charge on any atom is -0.441 e. The molecule has 1 aromatic heterocycles. The molecule has 1 aromatic carbocycles. The van der Waals surface area contributed by atoms with Crippen LogP contribution in [-0.2, 0) is 0 Å². The number of urea groups is 1. The van der Waals surface area contributed by atoms with Gasteiger partial charge >= 0.3 is 6.03 Å². The van der Waals surface area contributed by atoms with Crippen molar-refractivity contribution in [2.75, 3.05) is 17.3 Å². The van der Waals surface area contributed by atoms with Crippen molar-refractivity contribution in [1.82, 2.24) is 10.3 Å². The molecule has 0 spiro atoms. The number of anilines is 1. The number of nitrogens with zero attached hydrogens (tertiary/aromatic N) is 1. The van der Waals surface area contributed by atoms with Gasteiger partial charge in [0.25, 0.3) is 0 Å². The van der Waals surface area contributed by atoms with E-state index in [0.29, 0.717) is 11.6 Å². The first-order chi connectivity index (χ1) is 10.6. The normalized spacial score (nSPS) is 12.0. The van der Waals surface area contributed by atoms with Crippen molar-refractivity contribution in [3.05, 3.63) is 36.2 Å². The summed E-state index contributed by atoms with van der Waals surface area (Å²) in [7, 11) is 0. The van der Waals surface area contributed by atoms with Crippen LogP contribution in [0.25, 0.3) is 11.5 Å². The summed E-state index contributed by atoms with van der Waals surface area (Å²) in [6, 6.07) is 7.39. The molecule has 0 saturated heterocycles. The van der Waals surface area contributed by atoms with Gasteiger partial charge in [-0.05, 0) is 50.5 Å². The molecule has 0 fully saturated rings. The van der Waals surface area contributed by atoms with E-state index in [0.717, 1.165) is 23.5 Å². The second kappa shape index (κ2) is 7.89. The summed E-state index contributed by atoms with van der Waals surface area (Å²) in [5.74, 6) is 2.34. The number of aromatic nitrogens is 1. The summed E-state index contributed by atoms with van der Waals surface area (Å²) in [5, 5.41) is 5.76. The predicted molar refractivity (Wildman–Crippen MR) is 91.3 cm³/mol. The van der Waals surface area contributed by atoms with Gasteiger partial charge in [-0.1, -0.05) is 6.07 Å². The second-order valence-electron chi connectivity index (χ2n) is 5.14. The van der Waals surface area contributed by atoms with Crippen LogP contribution in [0.4, 0.5) is 10.5 Å². The molecule has 0 bridgehead atoms. The van der Waals surface area contributed by atoms with E-state index in [1.165, 1.54) is 0 Å². The Morgan fingerprint density at radius 1 is 1.45 bits per heavy atom. The maximum atomic E-state index is 12.0. The molecule has 0 aliphatic rings. The van der Waals surface area contributed by atoms with Gasteiger partial charge < -0.3 is 15.1 Å². The quantitative estimate of drug-likeness (QED) is 0.847. The third-order valence-corrected chi connectivity index (χ3v) is 3.77. The highest BCUT2D eigenvalue weighted by atomic mass is 32.2. The lowest BCUT2D eigenvalue weighted by Crippen LogP contribution is -2.36. The molecule has 0 unspecified atom stereocenters. The maximum absolute atomic E-state index is 12.0. The molecule has 0 aliphatic heterocycles. The maximum Gasteiger partial charge on any atom is 0.319 e. The van der Waals surface area contributed by atoms with Gasteiger partial charge in [0.05, 0.1) is 6.20 Å². The van der Waals surface area contributed by atoms with E-state index < -0.39 is 0 Å². The summed E-state index contributed by atoms with van der Waals surface area (Å²) in [4.78, 5) is 16.2. The first kappa shape index (κ1) is 16.4. The van der Waals surface area contributed by atoms with E-state index in [-0.39, 0.29) is 12.1 Å². The highest BCUT2D eigenvalue weighted by Crippen LogP contribution is 2.22. The number of benzene rings is 1. The van der Waals surface area contributed by atoms with Gasteiger partial charge in [-0.25, -0.2) is 9.78 Å². The number of nitrogens with one attached hydrogen (secondary N) is 2. The monoisotopic (exact) mass is 319 g/mol. The lowest BCUT2D eigenvalue weighted by molar-refractivity contribution is 0.249. The molecule has 118 valence electrons. The molecular weight excluding hydrogens is 298 g/mol. The minimum atomic E-state index is -0.200. The van der Waals surface area contributed by atoms with E-state index in [9.17, 15) is 4.79 Å². The Morgan fingerprint density at radius 2 is 2.27 bits per heavy atom. The summed E-state index contributed by atoms with van der Waals surface area (Å²) >= 11 is 1.77. The molecule has 2 amide bonds. The lowest BCUT2D eigenvalue weighted by atomic mass is 10.2. The zero-order valence-electron chi connectivity index (χ0n) is 13.1. The van der Waals surface area contributed by atoms with Gasteiger partial charge in [0, 0.05) is 17.3 Å². The number of amides is 2. The fourth-order valence-electron chi connectivity index (χ4n) is 1.98. The molecule has 22 heavy (non-hydrogen) atoms. The third kappa shape index (κ3) is 4.80. The number of thioether (sulfide) groups is 1. The molecule has 6 heteroatoms. The highest BCUT2D eigenvalue weighted by Gasteiger charge is 2.09. The van der Waals surface area contributed by atoms with E-state index in [1.54, 1.807) is 18.0 Å². The topological polar surface area (TPSA) is 67.2 Å².